The minimum atomic E-state index is -5.13. The van der Waals surface area contributed by atoms with Crippen molar-refractivity contribution in [3.63, 3.8) is 0 Å². The molecular weight excluding hydrogens is 984 g/mol. The van der Waals surface area contributed by atoms with Crippen LogP contribution in [0.2, 0.25) is 0 Å². The van der Waals surface area contributed by atoms with E-state index in [9.17, 15) is 14.4 Å². The van der Waals surface area contributed by atoms with Crippen LogP contribution in [0.3, 0.4) is 0 Å². The number of hydrogen-bond acceptors (Lipinski definition) is 10. The molecule has 10 nitrogen and oxygen atoms in total. The van der Waals surface area contributed by atoms with Gasteiger partial charge in [-0.2, -0.15) is 4.57 Å². The molecule has 6 aromatic rings. The van der Waals surface area contributed by atoms with Crippen molar-refractivity contribution in [1.82, 2.24) is 0 Å². The van der Waals surface area contributed by atoms with Crippen LogP contribution in [0.15, 0.2) is 109 Å². The van der Waals surface area contributed by atoms with Crippen LogP contribution in [0, 0.1) is 0 Å². The van der Waals surface area contributed by atoms with E-state index in [0.29, 0.717) is 50.6 Å². The Hall–Kier alpha value is -6.64. The van der Waals surface area contributed by atoms with Gasteiger partial charge < -0.3 is 27.8 Å². The Bertz CT molecular complexity index is 3070. The summed E-state index contributed by atoms with van der Waals surface area (Å²) in [4.78, 5) is 43.2. The zero-order valence-electron chi connectivity index (χ0n) is 48.2. The summed E-state index contributed by atoms with van der Waals surface area (Å²) >= 11 is 0. The Kier molecular flexibility index (Phi) is 13.4. The summed E-state index contributed by atoms with van der Waals surface area (Å²) in [6, 6.07) is 33.7. The lowest BCUT2D eigenvalue weighted by atomic mass is 9.81. The fourth-order valence-electron chi connectivity index (χ4n) is 10.2. The van der Waals surface area contributed by atoms with Crippen molar-refractivity contribution >= 4 is 25.7 Å². The van der Waals surface area contributed by atoms with Crippen LogP contribution in [0.4, 0.5) is 0 Å². The van der Waals surface area contributed by atoms with E-state index in [-0.39, 0.29) is 33.5 Å². The molecule has 0 fully saturated rings. The quantitative estimate of drug-likeness (QED) is 0.0785. The molecule has 0 N–H and O–H groups in total. The van der Waals surface area contributed by atoms with Crippen LogP contribution in [0.5, 0.6) is 34.5 Å². The van der Waals surface area contributed by atoms with E-state index in [0.717, 1.165) is 33.4 Å². The van der Waals surface area contributed by atoms with Gasteiger partial charge in [0.1, 0.15) is 52.3 Å². The molecule has 11 heteroatoms. The summed E-state index contributed by atoms with van der Waals surface area (Å²) in [6.45, 7) is 37.6. The fourth-order valence-corrected chi connectivity index (χ4v) is 11.5. The lowest BCUT2D eigenvalue weighted by Gasteiger charge is -2.28. The zero-order chi connectivity index (χ0) is 56.3. The van der Waals surface area contributed by atoms with Crippen LogP contribution < -0.4 is 27.8 Å². The van der Waals surface area contributed by atoms with Gasteiger partial charge in [0.2, 0.25) is 0 Å². The lowest BCUT2D eigenvalue weighted by Crippen LogP contribution is -2.20. The molecular formula is C66H75O10P. The second-order valence-corrected chi connectivity index (χ2v) is 28.7. The summed E-state index contributed by atoms with van der Waals surface area (Å²) in [5.74, 6) is -3.20. The Balaban J connectivity index is 1.28. The van der Waals surface area contributed by atoms with Crippen LogP contribution >= 0.6 is 7.82 Å². The Morgan fingerprint density at radius 1 is 0.312 bits per heavy atom. The summed E-state index contributed by atoms with van der Waals surface area (Å²) < 4.78 is 55.5. The minimum Gasteiger partial charge on any atom is -0.425 e. The Morgan fingerprint density at radius 3 is 0.714 bits per heavy atom. The monoisotopic (exact) mass is 1060 g/mol. The maximum absolute atomic E-state index is 16.8. The third kappa shape index (κ3) is 10.8. The largest absolute Gasteiger partial charge is 0.647 e. The average molecular weight is 1060 g/mol. The minimum absolute atomic E-state index is 0.0406. The average Bonchev–Trinajstić information content (AvgIpc) is 4.00. The Morgan fingerprint density at radius 2 is 0.506 bits per heavy atom. The van der Waals surface area contributed by atoms with Crippen LogP contribution in [-0.4, -0.2) is 17.9 Å². The van der Waals surface area contributed by atoms with Gasteiger partial charge in [-0.3, -0.25) is 14.4 Å². The van der Waals surface area contributed by atoms with Gasteiger partial charge in [-0.15, -0.1) is 0 Å². The highest BCUT2D eigenvalue weighted by Gasteiger charge is 2.46. The molecule has 6 aromatic carbocycles. The van der Waals surface area contributed by atoms with Gasteiger partial charge in [-0.25, -0.2) is 0 Å². The molecule has 0 saturated carbocycles. The van der Waals surface area contributed by atoms with Crippen LogP contribution in [-0.2, 0) is 51.4 Å². The van der Waals surface area contributed by atoms with Gasteiger partial charge in [-0.1, -0.05) is 197 Å². The number of ether oxygens (including phenoxy) is 3. The molecule has 0 saturated heterocycles. The summed E-state index contributed by atoms with van der Waals surface area (Å²) in [7, 11) is -5.13. The number of hydrogen-bond donors (Lipinski definition) is 0. The second kappa shape index (κ2) is 18.8. The molecule has 0 spiro atoms. The smallest absolute Gasteiger partial charge is 0.425 e. The highest BCUT2D eigenvalue weighted by Crippen LogP contribution is 2.58. The van der Waals surface area contributed by atoms with E-state index in [1.165, 1.54) is 0 Å². The van der Waals surface area contributed by atoms with Crippen LogP contribution in [0.25, 0.3) is 0 Å². The third-order valence-electron chi connectivity index (χ3n) is 15.1. The SMILES string of the molecule is CC(C)(C)c1ccc2c(c1)C(c1cc(C(C)(C)C)ccc1OP(=O)(Oc1ccc(C(C)(C)C)cc1C1C(=O)Oc3ccc(C(C)(C)C)cc31)Oc1ccc(C(C)(C)C)cc1C1C(=O)Oc3ccc(C(C)(C)C)cc31)C(=O)O2. The van der Waals surface area contributed by atoms with Crippen molar-refractivity contribution < 1.29 is 46.7 Å². The standard InChI is InChI=1S/C66H75O10P/c1-61(2,3)37-19-25-49-43(31-37)55(58(67)71-49)46-34-40(64(10,11)12)22-28-52(46)74-77(70,75-53-29-23-41(65(13,14)15)35-47(53)56-44-32-38(62(4,5)6)20-26-50(44)72-59(56)68)76-54-30-24-42(66(16,17)18)36-48(54)57-45-33-39(63(7,8)9)21-27-51(45)73-60(57)69/h19-36,55-57H,1-18H3. The van der Waals surface area contributed by atoms with Crippen molar-refractivity contribution in [1.29, 1.82) is 0 Å². The second-order valence-electron chi connectivity index (χ2n) is 27.3. The first-order valence-electron chi connectivity index (χ1n) is 26.7. The number of benzene rings is 6. The number of rotatable bonds is 9. The topological polar surface area (TPSA) is 124 Å². The maximum Gasteiger partial charge on any atom is 0.647 e. The summed E-state index contributed by atoms with van der Waals surface area (Å²) in [5, 5.41) is 0. The van der Waals surface area contributed by atoms with E-state index in [4.69, 9.17) is 27.8 Å². The predicted molar refractivity (Wildman–Crippen MR) is 303 cm³/mol. The van der Waals surface area contributed by atoms with Crippen molar-refractivity contribution in [3.8, 4) is 34.5 Å². The van der Waals surface area contributed by atoms with Gasteiger partial charge in [0.15, 0.2) is 0 Å². The number of carbonyl (C=O) groups is 3. The maximum atomic E-state index is 16.8. The zero-order valence-corrected chi connectivity index (χ0v) is 49.0. The predicted octanol–water partition coefficient (Wildman–Crippen LogP) is 16.3. The lowest BCUT2D eigenvalue weighted by molar-refractivity contribution is -0.134. The molecule has 0 aliphatic carbocycles. The van der Waals surface area contributed by atoms with E-state index < -0.39 is 59.7 Å². The van der Waals surface area contributed by atoms with E-state index >= 15 is 4.57 Å². The molecule has 3 aliphatic rings. The molecule has 3 heterocycles. The van der Waals surface area contributed by atoms with Crippen molar-refractivity contribution in [3.05, 3.63) is 176 Å². The van der Waals surface area contributed by atoms with E-state index in [2.05, 4.69) is 125 Å². The van der Waals surface area contributed by atoms with Crippen molar-refractivity contribution in [2.75, 3.05) is 0 Å². The molecule has 3 unspecified atom stereocenters. The number of phosphoric ester groups is 1. The number of carbonyl (C=O) groups excluding carboxylic acids is 3. The first-order valence-corrected chi connectivity index (χ1v) is 28.2. The van der Waals surface area contributed by atoms with Gasteiger partial charge >= 0.3 is 25.7 Å². The Labute approximate surface area is 455 Å². The molecule has 3 atom stereocenters. The third-order valence-corrected chi connectivity index (χ3v) is 16.4. The molecule has 0 aromatic heterocycles. The molecule has 0 radical (unpaired) electrons. The highest BCUT2D eigenvalue weighted by atomic mass is 31.2. The van der Waals surface area contributed by atoms with Crippen LogP contribution in [0.1, 0.15) is 209 Å². The summed E-state index contributed by atoms with van der Waals surface area (Å²) in [5.41, 5.74) is 6.70. The van der Waals surface area contributed by atoms with Gasteiger partial charge in [0.05, 0.1) is 0 Å². The molecule has 0 bridgehead atoms. The molecule has 3 aliphatic heterocycles. The molecule has 77 heavy (non-hydrogen) atoms. The molecule has 9 rings (SSSR count). The van der Waals surface area contributed by atoms with E-state index in [1.807, 2.05) is 91.0 Å². The number of phosphoric acid groups is 1. The normalized spacial score (nSPS) is 18.4. The van der Waals surface area contributed by atoms with Crippen molar-refractivity contribution in [2.45, 2.75) is 175 Å². The van der Waals surface area contributed by atoms with E-state index in [1.54, 1.807) is 18.2 Å². The van der Waals surface area contributed by atoms with Crippen molar-refractivity contribution in [2.24, 2.45) is 0 Å². The number of esters is 3. The number of fused-ring (bicyclic) bond motifs is 3. The molecule has 0 amide bonds. The fraction of sp³-hybridized carbons (Fsp3) is 0.409. The first kappa shape index (κ1) is 55.1. The van der Waals surface area contributed by atoms with Gasteiger partial charge in [0.25, 0.3) is 0 Å². The first-order chi connectivity index (χ1) is 35.5. The summed E-state index contributed by atoms with van der Waals surface area (Å²) in [6.07, 6.45) is 0. The molecule has 404 valence electrons. The van der Waals surface area contributed by atoms with Gasteiger partial charge in [0, 0.05) is 33.4 Å². The highest BCUT2D eigenvalue weighted by molar-refractivity contribution is 7.49. The van der Waals surface area contributed by atoms with Gasteiger partial charge in [-0.05, 0) is 102 Å².